The van der Waals surface area contributed by atoms with Gasteiger partial charge in [0.25, 0.3) is 0 Å². The lowest BCUT2D eigenvalue weighted by Gasteiger charge is -2.26. The summed E-state index contributed by atoms with van der Waals surface area (Å²) in [6, 6.07) is 0.506. The van der Waals surface area contributed by atoms with Gasteiger partial charge in [-0.2, -0.15) is 0 Å². The lowest BCUT2D eigenvalue weighted by atomic mass is 10.1. The predicted molar refractivity (Wildman–Crippen MR) is 56.9 cm³/mol. The molecule has 3 N–H and O–H groups in total. The first-order chi connectivity index (χ1) is 6.56. The number of hydrogen-bond donors (Lipinski definition) is 2. The fraction of sp³-hybridized carbons (Fsp3) is 0.900. The maximum absolute atomic E-state index is 11.7. The Morgan fingerprint density at radius 1 is 1.64 bits per heavy atom. The molecule has 0 aromatic heterocycles. The fourth-order valence-corrected chi connectivity index (χ4v) is 2.02. The van der Waals surface area contributed by atoms with Crippen molar-refractivity contribution in [1.82, 2.24) is 10.2 Å². The minimum absolute atomic E-state index is 0.0232. The molecule has 0 saturated carbocycles. The third-order valence-corrected chi connectivity index (χ3v) is 2.69. The molecular formula is C10H21N3O. The molecule has 1 saturated heterocycles. The Hall–Kier alpha value is -0.610. The lowest BCUT2D eigenvalue weighted by molar-refractivity contribution is -0.125. The van der Waals surface area contributed by atoms with Crippen LogP contribution in [0.4, 0.5) is 0 Å². The van der Waals surface area contributed by atoms with Crippen molar-refractivity contribution < 1.29 is 4.79 Å². The molecule has 4 heteroatoms. The molecule has 0 aromatic rings. The van der Waals surface area contributed by atoms with Crippen LogP contribution < -0.4 is 11.1 Å². The van der Waals surface area contributed by atoms with Gasteiger partial charge in [0.05, 0.1) is 6.04 Å². The van der Waals surface area contributed by atoms with Crippen LogP contribution in [0.5, 0.6) is 0 Å². The van der Waals surface area contributed by atoms with E-state index in [0.29, 0.717) is 12.6 Å². The number of carbonyl (C=O) groups excluding carboxylic acids is 1. The van der Waals surface area contributed by atoms with Crippen LogP contribution in [0.3, 0.4) is 0 Å². The van der Waals surface area contributed by atoms with Gasteiger partial charge in [0, 0.05) is 25.2 Å². The van der Waals surface area contributed by atoms with Gasteiger partial charge in [0.2, 0.25) is 5.91 Å². The van der Waals surface area contributed by atoms with Crippen LogP contribution in [0.25, 0.3) is 0 Å². The molecule has 0 unspecified atom stereocenters. The summed E-state index contributed by atoms with van der Waals surface area (Å²) in [6.07, 6.45) is 0.782. The number of likely N-dealkylation sites (N-methyl/N-ethyl adjacent to an activating group) is 1. The second-order valence-corrected chi connectivity index (χ2v) is 4.20. The molecule has 0 spiro atoms. The molecule has 0 aliphatic carbocycles. The van der Waals surface area contributed by atoms with E-state index in [1.165, 1.54) is 0 Å². The number of hydrogen-bond acceptors (Lipinski definition) is 3. The van der Waals surface area contributed by atoms with E-state index in [0.717, 1.165) is 13.0 Å². The smallest absolute Gasteiger partial charge is 0.237 e. The normalized spacial score (nSPS) is 28.4. The number of carbonyl (C=O) groups is 1. The summed E-state index contributed by atoms with van der Waals surface area (Å²) in [5.74, 6) is 0.120. The minimum atomic E-state index is -0.0232. The Kier molecular flexibility index (Phi) is 3.89. The highest BCUT2D eigenvalue weighted by atomic mass is 16.2. The second kappa shape index (κ2) is 4.75. The average Bonchev–Trinajstić information content (AvgIpc) is 2.48. The molecule has 82 valence electrons. The van der Waals surface area contributed by atoms with Crippen LogP contribution in [0, 0.1) is 0 Å². The van der Waals surface area contributed by atoms with Gasteiger partial charge in [-0.25, -0.2) is 0 Å². The summed E-state index contributed by atoms with van der Waals surface area (Å²) < 4.78 is 0. The standard InChI is InChI=1S/C10H21N3O/c1-4-12-10(14)9-5-8(11)6-13(9)7(2)3/h7-9H,4-6,11H2,1-3H3,(H,12,14)/t8-,9-/m0/s1. The Bertz CT molecular complexity index is 206. The van der Waals surface area contributed by atoms with Crippen LogP contribution in [0.1, 0.15) is 27.2 Å². The zero-order valence-corrected chi connectivity index (χ0v) is 9.29. The van der Waals surface area contributed by atoms with Gasteiger partial charge in [0.1, 0.15) is 0 Å². The highest BCUT2D eigenvalue weighted by molar-refractivity contribution is 5.82. The molecule has 0 aromatic carbocycles. The molecule has 14 heavy (non-hydrogen) atoms. The average molecular weight is 199 g/mol. The predicted octanol–water partition coefficient (Wildman–Crippen LogP) is -0.0675. The third kappa shape index (κ3) is 2.45. The summed E-state index contributed by atoms with van der Waals surface area (Å²) in [4.78, 5) is 13.9. The highest BCUT2D eigenvalue weighted by Crippen LogP contribution is 2.19. The third-order valence-electron chi connectivity index (χ3n) is 2.69. The Balaban J connectivity index is 2.61. The molecule has 0 bridgehead atoms. The van der Waals surface area contributed by atoms with Crippen LogP contribution in [0.2, 0.25) is 0 Å². The number of rotatable bonds is 3. The molecule has 1 aliphatic rings. The number of nitrogens with two attached hydrogens (primary N) is 1. The van der Waals surface area contributed by atoms with E-state index in [9.17, 15) is 4.79 Å². The van der Waals surface area contributed by atoms with Crippen molar-refractivity contribution >= 4 is 5.91 Å². The van der Waals surface area contributed by atoms with Gasteiger partial charge < -0.3 is 11.1 Å². The highest BCUT2D eigenvalue weighted by Gasteiger charge is 2.35. The molecule has 1 rings (SSSR count). The Morgan fingerprint density at radius 2 is 2.29 bits per heavy atom. The van der Waals surface area contributed by atoms with Crippen molar-refractivity contribution in [1.29, 1.82) is 0 Å². The molecular weight excluding hydrogens is 178 g/mol. The van der Waals surface area contributed by atoms with Crippen molar-refractivity contribution in [3.8, 4) is 0 Å². The molecule has 2 atom stereocenters. The van der Waals surface area contributed by atoms with Crippen LogP contribution >= 0.6 is 0 Å². The van der Waals surface area contributed by atoms with E-state index in [4.69, 9.17) is 5.73 Å². The summed E-state index contributed by atoms with van der Waals surface area (Å²) in [6.45, 7) is 7.66. The van der Waals surface area contributed by atoms with Gasteiger partial charge in [-0.05, 0) is 27.2 Å². The van der Waals surface area contributed by atoms with E-state index in [1.54, 1.807) is 0 Å². The summed E-state index contributed by atoms with van der Waals surface area (Å²) in [7, 11) is 0. The molecule has 1 heterocycles. The first-order valence-corrected chi connectivity index (χ1v) is 5.35. The van der Waals surface area contributed by atoms with E-state index in [1.807, 2.05) is 6.92 Å². The summed E-state index contributed by atoms with van der Waals surface area (Å²) in [5, 5.41) is 2.86. The van der Waals surface area contributed by atoms with Gasteiger partial charge in [-0.15, -0.1) is 0 Å². The maximum Gasteiger partial charge on any atom is 0.237 e. The van der Waals surface area contributed by atoms with Gasteiger partial charge >= 0.3 is 0 Å². The number of likely N-dealkylation sites (tertiary alicyclic amines) is 1. The minimum Gasteiger partial charge on any atom is -0.355 e. The molecule has 0 radical (unpaired) electrons. The first kappa shape index (κ1) is 11.5. The Labute approximate surface area is 85.8 Å². The van der Waals surface area contributed by atoms with Gasteiger partial charge in [0.15, 0.2) is 0 Å². The van der Waals surface area contributed by atoms with Crippen LogP contribution in [-0.4, -0.2) is 42.0 Å². The van der Waals surface area contributed by atoms with Crippen molar-refractivity contribution in [2.24, 2.45) is 5.73 Å². The fourth-order valence-electron chi connectivity index (χ4n) is 2.02. The van der Waals surface area contributed by atoms with E-state index < -0.39 is 0 Å². The first-order valence-electron chi connectivity index (χ1n) is 5.35. The second-order valence-electron chi connectivity index (χ2n) is 4.20. The van der Waals surface area contributed by atoms with Crippen LogP contribution in [-0.2, 0) is 4.79 Å². The van der Waals surface area contributed by atoms with Crippen molar-refractivity contribution in [2.75, 3.05) is 13.1 Å². The Morgan fingerprint density at radius 3 is 2.79 bits per heavy atom. The van der Waals surface area contributed by atoms with Crippen LogP contribution in [0.15, 0.2) is 0 Å². The molecule has 4 nitrogen and oxygen atoms in total. The van der Waals surface area contributed by atoms with Crippen molar-refractivity contribution in [3.63, 3.8) is 0 Å². The monoisotopic (exact) mass is 199 g/mol. The topological polar surface area (TPSA) is 58.4 Å². The number of amides is 1. The van der Waals surface area contributed by atoms with Crippen molar-refractivity contribution in [3.05, 3.63) is 0 Å². The number of nitrogens with zero attached hydrogens (tertiary/aromatic N) is 1. The van der Waals surface area contributed by atoms with E-state index in [-0.39, 0.29) is 18.0 Å². The summed E-state index contributed by atoms with van der Waals surface area (Å²) in [5.41, 5.74) is 5.87. The van der Waals surface area contributed by atoms with Crippen molar-refractivity contribution in [2.45, 2.75) is 45.3 Å². The zero-order valence-electron chi connectivity index (χ0n) is 9.29. The van der Waals surface area contributed by atoms with Gasteiger partial charge in [-0.1, -0.05) is 0 Å². The van der Waals surface area contributed by atoms with E-state index in [2.05, 4.69) is 24.1 Å². The van der Waals surface area contributed by atoms with E-state index >= 15 is 0 Å². The summed E-state index contributed by atoms with van der Waals surface area (Å²) >= 11 is 0. The zero-order chi connectivity index (χ0) is 10.7. The molecule has 1 fully saturated rings. The number of nitrogens with one attached hydrogen (secondary N) is 1. The molecule has 1 aliphatic heterocycles. The van der Waals surface area contributed by atoms with Gasteiger partial charge in [-0.3, -0.25) is 9.69 Å². The lowest BCUT2D eigenvalue weighted by Crippen LogP contribution is -2.46. The quantitative estimate of drug-likeness (QED) is 0.669. The largest absolute Gasteiger partial charge is 0.355 e. The molecule has 1 amide bonds. The maximum atomic E-state index is 11.7. The SMILES string of the molecule is CCNC(=O)[C@@H]1C[C@H](N)CN1C(C)C.